The number of benzene rings is 2. The number of nitrogens with one attached hydrogen (secondary N) is 2. The summed E-state index contributed by atoms with van der Waals surface area (Å²) in [7, 11) is -2.67. The minimum Gasteiger partial charge on any atom is -0.454 e. The number of hydrogen-bond acceptors (Lipinski definition) is 5. The molecule has 7 nitrogen and oxygen atoms in total. The predicted molar refractivity (Wildman–Crippen MR) is 95.6 cm³/mol. The third-order valence-electron chi connectivity index (χ3n) is 3.96. The Morgan fingerprint density at radius 3 is 2.63 bits per heavy atom. The van der Waals surface area contributed by atoms with Crippen LogP contribution < -0.4 is 4.72 Å². The number of aromatic nitrogens is 1. The number of carbonyl (C=O) groups excluding carboxylic acids is 2. The lowest BCUT2D eigenvalue weighted by Gasteiger charge is -2.07. The van der Waals surface area contributed by atoms with E-state index in [0.717, 1.165) is 23.7 Å². The standard InChI is InChI=1S/C18H15FN2O5S/c1-20-27(24,25)11-6-7-15(19)13(8-11)18(23)26-10-17(22)14-9-21-16-5-3-2-4-12(14)16/h2-9,20-21H,10H2,1H3. The van der Waals surface area contributed by atoms with Crippen LogP contribution in [0, 0.1) is 5.82 Å². The van der Waals surface area contributed by atoms with Crippen LogP contribution in [-0.4, -0.2) is 38.8 Å². The molecule has 1 heterocycles. The van der Waals surface area contributed by atoms with Gasteiger partial charge in [-0.15, -0.1) is 0 Å². The lowest BCUT2D eigenvalue weighted by atomic mass is 10.1. The molecule has 27 heavy (non-hydrogen) atoms. The number of sulfonamides is 1. The van der Waals surface area contributed by atoms with Crippen LogP contribution in [0.2, 0.25) is 0 Å². The molecule has 0 atom stereocenters. The van der Waals surface area contributed by atoms with E-state index >= 15 is 0 Å². The van der Waals surface area contributed by atoms with Gasteiger partial charge in [-0.2, -0.15) is 0 Å². The third kappa shape index (κ3) is 3.74. The van der Waals surface area contributed by atoms with E-state index in [-0.39, 0.29) is 4.90 Å². The summed E-state index contributed by atoms with van der Waals surface area (Å²) in [6.45, 7) is -0.608. The highest BCUT2D eigenvalue weighted by Gasteiger charge is 2.21. The number of H-pyrrole nitrogens is 1. The van der Waals surface area contributed by atoms with Crippen LogP contribution in [0.3, 0.4) is 0 Å². The molecule has 0 radical (unpaired) electrons. The fourth-order valence-corrected chi connectivity index (χ4v) is 3.29. The molecule has 0 aliphatic carbocycles. The molecule has 2 aromatic carbocycles. The van der Waals surface area contributed by atoms with Gasteiger partial charge >= 0.3 is 5.97 Å². The van der Waals surface area contributed by atoms with Gasteiger partial charge in [-0.1, -0.05) is 18.2 Å². The topological polar surface area (TPSA) is 105 Å². The first-order valence-electron chi connectivity index (χ1n) is 7.83. The molecular weight excluding hydrogens is 375 g/mol. The normalized spacial score (nSPS) is 11.5. The number of aromatic amines is 1. The highest BCUT2D eigenvalue weighted by molar-refractivity contribution is 7.89. The van der Waals surface area contributed by atoms with Gasteiger partial charge in [0, 0.05) is 22.7 Å². The predicted octanol–water partition coefficient (Wildman–Crippen LogP) is 2.25. The van der Waals surface area contributed by atoms with Crippen molar-refractivity contribution in [2.75, 3.05) is 13.7 Å². The van der Waals surface area contributed by atoms with Gasteiger partial charge in [0.1, 0.15) is 5.82 Å². The molecule has 0 aliphatic heterocycles. The van der Waals surface area contributed by atoms with Crippen LogP contribution in [0.15, 0.2) is 53.6 Å². The Labute approximate surface area is 154 Å². The average molecular weight is 390 g/mol. The molecular formula is C18H15FN2O5S. The van der Waals surface area contributed by atoms with E-state index in [4.69, 9.17) is 4.74 Å². The summed E-state index contributed by atoms with van der Waals surface area (Å²) >= 11 is 0. The van der Waals surface area contributed by atoms with Crippen molar-refractivity contribution in [2.45, 2.75) is 4.90 Å². The molecule has 1 aromatic heterocycles. The first kappa shape index (κ1) is 18.7. The monoisotopic (exact) mass is 390 g/mol. The molecule has 0 bridgehead atoms. The molecule has 3 aromatic rings. The minimum absolute atomic E-state index is 0.290. The number of Topliss-reactive ketones (excluding diaryl/α,β-unsaturated/α-hetero) is 1. The largest absolute Gasteiger partial charge is 0.454 e. The maximum absolute atomic E-state index is 13.9. The van der Waals surface area contributed by atoms with Crippen LogP contribution in [0.4, 0.5) is 4.39 Å². The summed E-state index contributed by atoms with van der Waals surface area (Å²) in [5, 5.41) is 0.673. The Hall–Kier alpha value is -3.04. The zero-order valence-corrected chi connectivity index (χ0v) is 15.0. The second kappa shape index (κ2) is 7.29. The van der Waals surface area contributed by atoms with E-state index in [2.05, 4.69) is 9.71 Å². The number of hydrogen-bond donors (Lipinski definition) is 2. The SMILES string of the molecule is CNS(=O)(=O)c1ccc(F)c(C(=O)OCC(=O)c2c[nH]c3ccccc23)c1. The van der Waals surface area contributed by atoms with E-state index in [1.54, 1.807) is 18.2 Å². The van der Waals surface area contributed by atoms with E-state index < -0.39 is 39.8 Å². The summed E-state index contributed by atoms with van der Waals surface area (Å²) in [5.74, 6) is -2.55. The first-order chi connectivity index (χ1) is 12.8. The van der Waals surface area contributed by atoms with Crippen molar-refractivity contribution in [2.24, 2.45) is 0 Å². The van der Waals surface area contributed by atoms with Gasteiger partial charge in [0.25, 0.3) is 0 Å². The third-order valence-corrected chi connectivity index (χ3v) is 5.37. The van der Waals surface area contributed by atoms with Gasteiger partial charge < -0.3 is 9.72 Å². The van der Waals surface area contributed by atoms with Crippen molar-refractivity contribution < 1.29 is 27.1 Å². The van der Waals surface area contributed by atoms with Gasteiger partial charge in [0.05, 0.1) is 10.5 Å². The van der Waals surface area contributed by atoms with Crippen LogP contribution in [0.1, 0.15) is 20.7 Å². The second-order valence-electron chi connectivity index (χ2n) is 5.60. The fraction of sp³-hybridized carbons (Fsp3) is 0.111. The highest BCUT2D eigenvalue weighted by Crippen LogP contribution is 2.19. The van der Waals surface area contributed by atoms with Crippen molar-refractivity contribution in [3.05, 3.63) is 65.6 Å². The lowest BCUT2D eigenvalue weighted by molar-refractivity contribution is 0.0470. The van der Waals surface area contributed by atoms with Gasteiger partial charge in [0.15, 0.2) is 6.61 Å². The Morgan fingerprint density at radius 1 is 1.15 bits per heavy atom. The van der Waals surface area contributed by atoms with Crippen molar-refractivity contribution in [1.29, 1.82) is 0 Å². The average Bonchev–Trinajstić information content (AvgIpc) is 3.10. The van der Waals surface area contributed by atoms with Gasteiger partial charge in [-0.3, -0.25) is 4.79 Å². The molecule has 0 saturated carbocycles. The maximum atomic E-state index is 13.9. The van der Waals surface area contributed by atoms with Crippen molar-refractivity contribution in [3.63, 3.8) is 0 Å². The Kier molecular flexibility index (Phi) is 5.06. The Bertz CT molecular complexity index is 1140. The number of halogens is 1. The van der Waals surface area contributed by atoms with Crippen molar-refractivity contribution >= 4 is 32.7 Å². The van der Waals surface area contributed by atoms with Crippen LogP contribution in [0.25, 0.3) is 10.9 Å². The number of esters is 1. The zero-order valence-electron chi connectivity index (χ0n) is 14.2. The molecule has 0 unspecified atom stereocenters. The molecule has 9 heteroatoms. The van der Waals surface area contributed by atoms with Crippen LogP contribution in [-0.2, 0) is 14.8 Å². The summed E-state index contributed by atoms with van der Waals surface area (Å²) in [5.41, 5.74) is 0.520. The van der Waals surface area contributed by atoms with E-state index in [1.165, 1.54) is 13.2 Å². The van der Waals surface area contributed by atoms with Crippen molar-refractivity contribution in [3.8, 4) is 0 Å². The number of rotatable bonds is 6. The molecule has 2 N–H and O–H groups in total. The van der Waals surface area contributed by atoms with Gasteiger partial charge in [-0.05, 0) is 31.3 Å². The Morgan fingerprint density at radius 2 is 1.89 bits per heavy atom. The smallest absolute Gasteiger partial charge is 0.341 e. The van der Waals surface area contributed by atoms with E-state index in [1.807, 2.05) is 6.07 Å². The van der Waals surface area contributed by atoms with Crippen LogP contribution in [0.5, 0.6) is 0 Å². The van der Waals surface area contributed by atoms with E-state index in [9.17, 15) is 22.4 Å². The zero-order chi connectivity index (χ0) is 19.6. The quantitative estimate of drug-likeness (QED) is 0.496. The number of ether oxygens (including phenoxy) is 1. The molecule has 3 rings (SSSR count). The number of fused-ring (bicyclic) bond motifs is 1. The Balaban J connectivity index is 1.78. The summed E-state index contributed by atoms with van der Waals surface area (Å²) < 4.78 is 44.4. The first-order valence-corrected chi connectivity index (χ1v) is 9.31. The van der Waals surface area contributed by atoms with Crippen LogP contribution >= 0.6 is 0 Å². The second-order valence-corrected chi connectivity index (χ2v) is 7.48. The number of ketones is 1. The van der Waals surface area contributed by atoms with Gasteiger partial charge in [0.2, 0.25) is 15.8 Å². The molecule has 0 fully saturated rings. The van der Waals surface area contributed by atoms with E-state index in [0.29, 0.717) is 10.9 Å². The fourth-order valence-electron chi connectivity index (χ4n) is 2.53. The highest BCUT2D eigenvalue weighted by atomic mass is 32.2. The number of carbonyl (C=O) groups is 2. The van der Waals surface area contributed by atoms with Crippen molar-refractivity contribution in [1.82, 2.24) is 9.71 Å². The summed E-state index contributed by atoms with van der Waals surface area (Å²) in [6, 6.07) is 9.84. The summed E-state index contributed by atoms with van der Waals surface area (Å²) in [4.78, 5) is 27.1. The minimum atomic E-state index is -3.86. The molecule has 0 aliphatic rings. The molecule has 140 valence electrons. The summed E-state index contributed by atoms with van der Waals surface area (Å²) in [6.07, 6.45) is 1.50. The maximum Gasteiger partial charge on any atom is 0.341 e. The lowest BCUT2D eigenvalue weighted by Crippen LogP contribution is -2.20. The molecule has 0 saturated heterocycles. The molecule has 0 spiro atoms. The van der Waals surface area contributed by atoms with Gasteiger partial charge in [-0.25, -0.2) is 22.3 Å². The number of para-hydroxylation sites is 1. The molecule has 0 amide bonds.